The Morgan fingerprint density at radius 3 is 2.29 bits per heavy atom. The van der Waals surface area contributed by atoms with Crippen molar-refractivity contribution in [1.82, 2.24) is 4.72 Å². The molecule has 0 spiro atoms. The zero-order valence-corrected chi connectivity index (χ0v) is 17.6. The lowest BCUT2D eigenvalue weighted by molar-refractivity contribution is -0.384. The van der Waals surface area contributed by atoms with Gasteiger partial charge in [0.15, 0.2) is 0 Å². The van der Waals surface area contributed by atoms with Crippen molar-refractivity contribution in [2.24, 2.45) is 0 Å². The fourth-order valence-electron chi connectivity index (χ4n) is 2.20. The number of hydrogen-bond acceptors (Lipinski definition) is 5. The Balaban J connectivity index is 2.46. The molecule has 0 bridgehead atoms. The van der Waals surface area contributed by atoms with Gasteiger partial charge in [0, 0.05) is 18.2 Å². The lowest BCUT2D eigenvalue weighted by Gasteiger charge is -2.14. The number of sulfonamides is 1. The molecule has 0 aliphatic rings. The number of anilines is 1. The monoisotopic (exact) mass is 465 g/mol. The summed E-state index contributed by atoms with van der Waals surface area (Å²) in [4.78, 5) is 22.5. The molecule has 0 aliphatic carbocycles. The first-order valence-electron chi connectivity index (χ1n) is 7.69. The van der Waals surface area contributed by atoms with Gasteiger partial charge in [-0.25, -0.2) is 13.1 Å². The maximum atomic E-state index is 12.6. The van der Waals surface area contributed by atoms with Gasteiger partial charge in [-0.2, -0.15) is 0 Å². The average molecular weight is 467 g/mol. The average Bonchev–Trinajstić information content (AvgIpc) is 2.54. The zero-order valence-electron chi connectivity index (χ0n) is 14.5. The van der Waals surface area contributed by atoms with E-state index in [0.29, 0.717) is 0 Å². The first kappa shape index (κ1) is 22.4. The Labute approximate surface area is 176 Å². The van der Waals surface area contributed by atoms with Gasteiger partial charge in [0.05, 0.1) is 31.2 Å². The van der Waals surface area contributed by atoms with E-state index in [1.54, 1.807) is 13.8 Å². The minimum Gasteiger partial charge on any atom is -0.320 e. The molecule has 2 rings (SSSR count). The van der Waals surface area contributed by atoms with Gasteiger partial charge in [0.1, 0.15) is 4.90 Å². The van der Waals surface area contributed by atoms with E-state index >= 15 is 0 Å². The Morgan fingerprint density at radius 1 is 1.07 bits per heavy atom. The number of nitrogens with one attached hydrogen (secondary N) is 2. The van der Waals surface area contributed by atoms with Crippen LogP contribution in [0.25, 0.3) is 0 Å². The van der Waals surface area contributed by atoms with Crippen LogP contribution in [0.2, 0.25) is 15.1 Å². The van der Waals surface area contributed by atoms with Crippen molar-refractivity contribution in [3.63, 3.8) is 0 Å². The molecular formula is C16H14Cl3N3O5S. The lowest BCUT2D eigenvalue weighted by atomic mass is 10.2. The number of nitro benzene ring substituents is 1. The van der Waals surface area contributed by atoms with Crippen molar-refractivity contribution < 1.29 is 18.1 Å². The summed E-state index contributed by atoms with van der Waals surface area (Å²) in [6.07, 6.45) is 0. The van der Waals surface area contributed by atoms with Crippen molar-refractivity contribution >= 4 is 62.1 Å². The fraction of sp³-hybridized carbons (Fsp3) is 0.188. The summed E-state index contributed by atoms with van der Waals surface area (Å²) in [7, 11) is -4.00. The summed E-state index contributed by atoms with van der Waals surface area (Å²) < 4.78 is 27.2. The van der Waals surface area contributed by atoms with Crippen LogP contribution in [-0.2, 0) is 10.0 Å². The van der Waals surface area contributed by atoms with E-state index in [-0.39, 0.29) is 36.9 Å². The Hall–Kier alpha value is -1.91. The number of amides is 1. The lowest BCUT2D eigenvalue weighted by Crippen LogP contribution is -2.30. The van der Waals surface area contributed by atoms with E-state index < -0.39 is 26.9 Å². The van der Waals surface area contributed by atoms with Crippen LogP contribution < -0.4 is 10.0 Å². The van der Waals surface area contributed by atoms with Crippen molar-refractivity contribution in [2.75, 3.05) is 5.32 Å². The second-order valence-electron chi connectivity index (χ2n) is 5.91. The number of hydrogen-bond donors (Lipinski definition) is 2. The quantitative estimate of drug-likeness (QED) is 0.480. The highest BCUT2D eigenvalue weighted by Gasteiger charge is 2.24. The maximum absolute atomic E-state index is 12.6. The summed E-state index contributed by atoms with van der Waals surface area (Å²) >= 11 is 18.0. The van der Waals surface area contributed by atoms with E-state index in [4.69, 9.17) is 34.8 Å². The number of nitro groups is 1. The third kappa shape index (κ3) is 5.12. The molecule has 0 heterocycles. The molecule has 0 saturated carbocycles. The third-order valence-corrected chi connectivity index (χ3v) is 6.12. The van der Waals surface area contributed by atoms with Gasteiger partial charge >= 0.3 is 0 Å². The molecule has 2 N–H and O–H groups in total. The summed E-state index contributed by atoms with van der Waals surface area (Å²) in [5.41, 5.74) is -0.513. The highest BCUT2D eigenvalue weighted by Crippen LogP contribution is 2.31. The van der Waals surface area contributed by atoms with Gasteiger partial charge in [-0.05, 0) is 32.0 Å². The first-order valence-corrected chi connectivity index (χ1v) is 10.3. The van der Waals surface area contributed by atoms with E-state index in [1.807, 2.05) is 0 Å². The molecule has 1 amide bonds. The number of non-ortho nitro benzene ring substituents is 1. The number of halogens is 3. The normalized spacial score (nSPS) is 11.5. The molecule has 150 valence electrons. The van der Waals surface area contributed by atoms with Gasteiger partial charge < -0.3 is 5.32 Å². The van der Waals surface area contributed by atoms with Crippen molar-refractivity contribution in [1.29, 1.82) is 0 Å². The molecule has 2 aromatic carbocycles. The van der Waals surface area contributed by atoms with Gasteiger partial charge in [-0.1, -0.05) is 34.8 Å². The molecule has 12 heteroatoms. The highest BCUT2D eigenvalue weighted by molar-refractivity contribution is 7.89. The smallest absolute Gasteiger partial charge is 0.271 e. The van der Waals surface area contributed by atoms with Crippen LogP contribution in [-0.4, -0.2) is 25.3 Å². The Bertz CT molecular complexity index is 1060. The Kier molecular flexibility index (Phi) is 6.89. The summed E-state index contributed by atoms with van der Waals surface area (Å²) in [5, 5.41) is 13.1. The second kappa shape index (κ2) is 8.62. The Morgan fingerprint density at radius 2 is 1.71 bits per heavy atom. The molecule has 0 unspecified atom stereocenters. The SMILES string of the molecule is CC(C)NS(=O)(=O)c1cc(C(=O)Nc2cc([N+](=O)[O-])ccc2Cl)c(Cl)cc1Cl. The van der Waals surface area contributed by atoms with Crippen LogP contribution >= 0.6 is 34.8 Å². The topological polar surface area (TPSA) is 118 Å². The van der Waals surface area contributed by atoms with Crippen LogP contribution in [0.3, 0.4) is 0 Å². The van der Waals surface area contributed by atoms with Crippen LogP contribution in [0.15, 0.2) is 35.2 Å². The molecule has 28 heavy (non-hydrogen) atoms. The minimum absolute atomic E-state index is 0.0309. The van der Waals surface area contributed by atoms with Gasteiger partial charge in [-0.15, -0.1) is 0 Å². The number of nitrogens with zero attached hydrogens (tertiary/aromatic N) is 1. The van der Waals surface area contributed by atoms with Crippen molar-refractivity contribution in [2.45, 2.75) is 24.8 Å². The molecular weight excluding hydrogens is 453 g/mol. The fourth-order valence-corrected chi connectivity index (χ4v) is 4.47. The molecule has 0 fully saturated rings. The largest absolute Gasteiger partial charge is 0.320 e. The second-order valence-corrected chi connectivity index (χ2v) is 8.82. The van der Waals surface area contributed by atoms with E-state index in [1.165, 1.54) is 12.1 Å². The molecule has 0 radical (unpaired) electrons. The molecule has 0 saturated heterocycles. The van der Waals surface area contributed by atoms with Crippen LogP contribution in [0.1, 0.15) is 24.2 Å². The maximum Gasteiger partial charge on any atom is 0.271 e. The van der Waals surface area contributed by atoms with Crippen LogP contribution in [0.5, 0.6) is 0 Å². The summed E-state index contributed by atoms with van der Waals surface area (Å²) in [6, 6.07) is 5.24. The van der Waals surface area contributed by atoms with E-state index in [0.717, 1.165) is 18.2 Å². The molecule has 0 atom stereocenters. The van der Waals surface area contributed by atoms with Crippen molar-refractivity contribution in [3.05, 3.63) is 61.1 Å². The predicted octanol–water partition coefficient (Wildman–Crippen LogP) is 4.49. The number of carbonyl (C=O) groups is 1. The summed E-state index contributed by atoms with van der Waals surface area (Å²) in [6.45, 7) is 3.25. The minimum atomic E-state index is -4.00. The number of carbonyl (C=O) groups excluding carboxylic acids is 1. The van der Waals surface area contributed by atoms with Crippen LogP contribution in [0, 0.1) is 10.1 Å². The molecule has 0 aliphatic heterocycles. The molecule has 2 aromatic rings. The van der Waals surface area contributed by atoms with Gasteiger partial charge in [-0.3, -0.25) is 14.9 Å². The molecule has 0 aromatic heterocycles. The number of rotatable bonds is 6. The van der Waals surface area contributed by atoms with Crippen molar-refractivity contribution in [3.8, 4) is 0 Å². The van der Waals surface area contributed by atoms with E-state index in [9.17, 15) is 23.3 Å². The predicted molar refractivity (Wildman–Crippen MR) is 108 cm³/mol. The number of benzene rings is 2. The first-order chi connectivity index (χ1) is 12.9. The highest BCUT2D eigenvalue weighted by atomic mass is 35.5. The zero-order chi connectivity index (χ0) is 21.2. The molecule has 8 nitrogen and oxygen atoms in total. The van der Waals surface area contributed by atoms with Crippen LogP contribution in [0.4, 0.5) is 11.4 Å². The third-order valence-electron chi connectivity index (χ3n) is 3.36. The van der Waals surface area contributed by atoms with E-state index in [2.05, 4.69) is 10.0 Å². The van der Waals surface area contributed by atoms with Gasteiger partial charge in [0.2, 0.25) is 10.0 Å². The standard InChI is InChI=1S/C16H14Cl3N3O5S/c1-8(2)21-28(26,27)15-6-10(12(18)7-13(15)19)16(23)20-14-5-9(22(24)25)3-4-11(14)17/h3-8,21H,1-2H3,(H,20,23). The van der Waals surface area contributed by atoms with Gasteiger partial charge in [0.25, 0.3) is 11.6 Å². The summed E-state index contributed by atoms with van der Waals surface area (Å²) in [5.74, 6) is -0.815.